The molecular weight excluding hydrogens is 430 g/mol. The minimum absolute atomic E-state index is 0.276. The number of carbonyl (C=O) groups is 1. The quantitative estimate of drug-likeness (QED) is 0.411. The van der Waals surface area contributed by atoms with Gasteiger partial charge in [-0.05, 0) is 48.5 Å². The third kappa shape index (κ3) is 4.77. The van der Waals surface area contributed by atoms with Crippen molar-refractivity contribution in [1.82, 2.24) is 20.0 Å². The summed E-state index contributed by atoms with van der Waals surface area (Å²) in [5.74, 6) is 0.815. The Balaban J connectivity index is 1.56. The van der Waals surface area contributed by atoms with Crippen LogP contribution in [0.25, 0.3) is 10.9 Å². The maximum Gasteiger partial charge on any atom is 0.277 e. The predicted octanol–water partition coefficient (Wildman–Crippen LogP) is 4.63. The molecule has 2 heterocycles. The van der Waals surface area contributed by atoms with Gasteiger partial charge in [-0.25, -0.2) is 15.0 Å². The molecule has 2 aromatic carbocycles. The highest BCUT2D eigenvalue weighted by atomic mass is 35.5. The number of fused-ring (bicyclic) bond motifs is 1. The van der Waals surface area contributed by atoms with Gasteiger partial charge in [-0.3, -0.25) is 14.6 Å². The fraction of sp³-hybridized carbons (Fsp3) is 0.130. The Hall–Kier alpha value is -3.75. The molecule has 9 heteroatoms. The van der Waals surface area contributed by atoms with Crippen LogP contribution in [0.15, 0.2) is 67.1 Å². The van der Waals surface area contributed by atoms with Gasteiger partial charge in [0.15, 0.2) is 0 Å². The van der Waals surface area contributed by atoms with Crippen molar-refractivity contribution in [2.45, 2.75) is 6.61 Å². The van der Waals surface area contributed by atoms with E-state index in [0.29, 0.717) is 45.4 Å². The first-order valence-corrected chi connectivity index (χ1v) is 10.1. The lowest BCUT2D eigenvalue weighted by atomic mass is 10.1. The monoisotopic (exact) mass is 449 g/mol. The molecule has 0 spiro atoms. The highest BCUT2D eigenvalue weighted by Gasteiger charge is 2.14. The van der Waals surface area contributed by atoms with Crippen molar-refractivity contribution in [3.8, 4) is 5.75 Å². The first-order chi connectivity index (χ1) is 15.5. The van der Waals surface area contributed by atoms with Gasteiger partial charge in [0, 0.05) is 29.9 Å². The van der Waals surface area contributed by atoms with Gasteiger partial charge < -0.3 is 10.1 Å². The van der Waals surface area contributed by atoms with E-state index in [1.807, 2.05) is 24.3 Å². The van der Waals surface area contributed by atoms with E-state index >= 15 is 0 Å². The Morgan fingerprint density at radius 1 is 1.09 bits per heavy atom. The standard InChI is InChI=1S/C23H20ClN5O3/c1-29(31-2)23(30)15-6-8-20-18(11-15)22(27-14-26-20)28-16-7-9-21(19(24)12-16)32-13-17-5-3-4-10-25-17/h3-12,14H,13H2,1-2H3,(H,26,27,28). The van der Waals surface area contributed by atoms with Crippen LogP contribution in [0.2, 0.25) is 5.02 Å². The van der Waals surface area contributed by atoms with Gasteiger partial charge in [0.25, 0.3) is 5.91 Å². The average molecular weight is 450 g/mol. The molecule has 1 amide bonds. The van der Waals surface area contributed by atoms with Crippen LogP contribution < -0.4 is 10.1 Å². The number of hydrogen-bond donors (Lipinski definition) is 1. The van der Waals surface area contributed by atoms with Crippen molar-refractivity contribution in [3.63, 3.8) is 0 Å². The van der Waals surface area contributed by atoms with Crippen molar-refractivity contribution in [2.24, 2.45) is 0 Å². The smallest absolute Gasteiger partial charge is 0.277 e. The summed E-state index contributed by atoms with van der Waals surface area (Å²) in [6.45, 7) is 0.316. The molecule has 1 N–H and O–H groups in total. The molecule has 0 saturated carbocycles. The number of nitrogens with one attached hydrogen (secondary N) is 1. The fourth-order valence-corrected chi connectivity index (χ4v) is 3.26. The largest absolute Gasteiger partial charge is 0.486 e. The molecule has 32 heavy (non-hydrogen) atoms. The highest BCUT2D eigenvalue weighted by Crippen LogP contribution is 2.31. The molecule has 4 aromatic rings. The third-order valence-electron chi connectivity index (χ3n) is 4.74. The number of aromatic nitrogens is 3. The summed E-state index contributed by atoms with van der Waals surface area (Å²) in [6, 6.07) is 16.2. The van der Waals surface area contributed by atoms with E-state index in [0.717, 1.165) is 10.8 Å². The maximum atomic E-state index is 12.4. The molecule has 0 aliphatic carbocycles. The van der Waals surface area contributed by atoms with Gasteiger partial charge in [0.2, 0.25) is 0 Å². The minimum Gasteiger partial charge on any atom is -0.486 e. The molecule has 0 aliphatic rings. The Labute approximate surface area is 189 Å². The summed E-state index contributed by atoms with van der Waals surface area (Å²) >= 11 is 6.42. The first-order valence-electron chi connectivity index (χ1n) is 9.71. The van der Waals surface area contributed by atoms with Crippen LogP contribution in [0.4, 0.5) is 11.5 Å². The van der Waals surface area contributed by atoms with E-state index in [9.17, 15) is 4.79 Å². The molecule has 0 radical (unpaired) electrons. The number of amides is 1. The Morgan fingerprint density at radius 3 is 2.72 bits per heavy atom. The number of benzene rings is 2. The third-order valence-corrected chi connectivity index (χ3v) is 5.03. The molecule has 0 atom stereocenters. The Morgan fingerprint density at radius 2 is 1.97 bits per heavy atom. The number of pyridine rings is 1. The van der Waals surface area contributed by atoms with Crippen LogP contribution in [0.5, 0.6) is 5.75 Å². The van der Waals surface area contributed by atoms with Crippen LogP contribution in [-0.2, 0) is 11.4 Å². The Bertz CT molecular complexity index is 1250. The molecule has 4 rings (SSSR count). The highest BCUT2D eigenvalue weighted by molar-refractivity contribution is 6.32. The summed E-state index contributed by atoms with van der Waals surface area (Å²) in [6.07, 6.45) is 3.17. The lowest BCUT2D eigenvalue weighted by molar-refractivity contribution is -0.0756. The van der Waals surface area contributed by atoms with E-state index in [2.05, 4.69) is 20.3 Å². The molecule has 0 fully saturated rings. The van der Waals surface area contributed by atoms with E-state index in [1.165, 1.54) is 13.4 Å². The van der Waals surface area contributed by atoms with E-state index in [-0.39, 0.29) is 5.91 Å². The number of hydrogen-bond acceptors (Lipinski definition) is 7. The van der Waals surface area contributed by atoms with Crippen LogP contribution in [0.1, 0.15) is 16.1 Å². The number of hydroxylamine groups is 2. The molecule has 8 nitrogen and oxygen atoms in total. The number of halogens is 1. The average Bonchev–Trinajstić information content (AvgIpc) is 2.83. The van der Waals surface area contributed by atoms with Gasteiger partial charge in [-0.15, -0.1) is 0 Å². The normalized spacial score (nSPS) is 10.7. The molecule has 0 saturated heterocycles. The summed E-state index contributed by atoms with van der Waals surface area (Å²) in [5.41, 5.74) is 2.67. The SMILES string of the molecule is CON(C)C(=O)c1ccc2ncnc(Nc3ccc(OCc4ccccn4)c(Cl)c3)c2c1. The number of nitrogens with zero attached hydrogens (tertiary/aromatic N) is 4. The van der Waals surface area contributed by atoms with Crippen molar-refractivity contribution in [3.05, 3.63) is 83.4 Å². The lowest BCUT2D eigenvalue weighted by Gasteiger charge is -2.15. The summed E-state index contributed by atoms with van der Waals surface area (Å²) in [4.78, 5) is 30.3. The van der Waals surface area contributed by atoms with Crippen molar-refractivity contribution in [1.29, 1.82) is 0 Å². The molecule has 0 bridgehead atoms. The van der Waals surface area contributed by atoms with Crippen molar-refractivity contribution in [2.75, 3.05) is 19.5 Å². The second kappa shape index (κ2) is 9.59. The zero-order valence-electron chi connectivity index (χ0n) is 17.4. The van der Waals surface area contributed by atoms with E-state index in [4.69, 9.17) is 21.2 Å². The second-order valence-corrected chi connectivity index (χ2v) is 7.23. The summed E-state index contributed by atoms with van der Waals surface area (Å²) in [5, 5.41) is 5.53. The second-order valence-electron chi connectivity index (χ2n) is 6.82. The van der Waals surface area contributed by atoms with Crippen LogP contribution in [0, 0.1) is 0 Å². The van der Waals surface area contributed by atoms with Gasteiger partial charge in [0.05, 0.1) is 23.3 Å². The van der Waals surface area contributed by atoms with Gasteiger partial charge >= 0.3 is 0 Å². The molecule has 162 valence electrons. The van der Waals surface area contributed by atoms with Gasteiger partial charge in [-0.2, -0.15) is 0 Å². The minimum atomic E-state index is -0.276. The van der Waals surface area contributed by atoms with Crippen LogP contribution in [-0.4, -0.2) is 40.1 Å². The molecular formula is C23H20ClN5O3. The number of anilines is 2. The summed E-state index contributed by atoms with van der Waals surface area (Å²) in [7, 11) is 2.98. The maximum absolute atomic E-state index is 12.4. The van der Waals surface area contributed by atoms with E-state index in [1.54, 1.807) is 43.6 Å². The van der Waals surface area contributed by atoms with Crippen LogP contribution >= 0.6 is 11.6 Å². The number of ether oxygens (including phenoxy) is 1. The molecule has 0 aliphatic heterocycles. The molecule has 2 aromatic heterocycles. The Kier molecular flexibility index (Phi) is 6.44. The zero-order valence-corrected chi connectivity index (χ0v) is 18.2. The lowest BCUT2D eigenvalue weighted by Crippen LogP contribution is -2.25. The summed E-state index contributed by atoms with van der Waals surface area (Å²) < 4.78 is 5.77. The number of carbonyl (C=O) groups excluding carboxylic acids is 1. The van der Waals surface area contributed by atoms with Crippen molar-refractivity contribution >= 4 is 39.9 Å². The topological polar surface area (TPSA) is 89.5 Å². The predicted molar refractivity (Wildman–Crippen MR) is 122 cm³/mol. The van der Waals surface area contributed by atoms with Gasteiger partial charge in [-0.1, -0.05) is 17.7 Å². The van der Waals surface area contributed by atoms with Gasteiger partial charge in [0.1, 0.15) is 24.5 Å². The zero-order chi connectivity index (χ0) is 22.5. The first kappa shape index (κ1) is 21.5. The number of rotatable bonds is 7. The molecule has 0 unspecified atom stereocenters. The van der Waals surface area contributed by atoms with Crippen molar-refractivity contribution < 1.29 is 14.4 Å². The van der Waals surface area contributed by atoms with E-state index < -0.39 is 0 Å². The van der Waals surface area contributed by atoms with Crippen LogP contribution in [0.3, 0.4) is 0 Å². The fourth-order valence-electron chi connectivity index (χ4n) is 3.02.